The summed E-state index contributed by atoms with van der Waals surface area (Å²) in [4.78, 5) is 18.3. The number of hydrogen-bond donors (Lipinski definition) is 3. The monoisotopic (exact) mass is 260 g/mol. The van der Waals surface area contributed by atoms with Crippen molar-refractivity contribution >= 4 is 17.3 Å². The van der Waals surface area contributed by atoms with Crippen molar-refractivity contribution in [2.24, 2.45) is 5.84 Å². The van der Waals surface area contributed by atoms with Crippen LogP contribution in [0.5, 0.6) is 0 Å². The molecule has 2 aromatic rings. The lowest BCUT2D eigenvalue weighted by atomic mass is 10.3. The average molecular weight is 260 g/mol. The molecule has 8 nitrogen and oxygen atoms in total. The molecule has 2 rings (SSSR count). The molecule has 0 fully saturated rings. The maximum Gasteiger partial charge on any atom is 0.276 e. The SMILES string of the molecule is NNc1cc([N+](=O)[O-])cc(NCc2cccnc2)n1. The fourth-order valence-electron chi connectivity index (χ4n) is 1.48. The number of aromatic nitrogens is 2. The van der Waals surface area contributed by atoms with Gasteiger partial charge in [-0.15, -0.1) is 0 Å². The first-order valence-corrected chi connectivity index (χ1v) is 5.45. The fraction of sp³-hybridized carbons (Fsp3) is 0.0909. The maximum atomic E-state index is 10.8. The molecule has 0 amide bonds. The minimum absolute atomic E-state index is 0.0864. The molecule has 0 saturated heterocycles. The number of rotatable bonds is 5. The summed E-state index contributed by atoms with van der Waals surface area (Å²) < 4.78 is 0. The van der Waals surface area contributed by atoms with Crippen LogP contribution in [0.4, 0.5) is 17.3 Å². The number of pyridine rings is 2. The van der Waals surface area contributed by atoms with Crippen LogP contribution in [0, 0.1) is 10.1 Å². The molecule has 0 bridgehead atoms. The molecular formula is C11H12N6O2. The Labute approximate surface area is 108 Å². The predicted molar refractivity (Wildman–Crippen MR) is 70.3 cm³/mol. The van der Waals surface area contributed by atoms with Crippen molar-refractivity contribution in [3.8, 4) is 0 Å². The molecule has 2 heterocycles. The average Bonchev–Trinajstić information content (AvgIpc) is 2.45. The number of hydrazine groups is 1. The van der Waals surface area contributed by atoms with Gasteiger partial charge in [0.05, 0.1) is 17.1 Å². The Morgan fingerprint density at radius 2 is 2.16 bits per heavy atom. The summed E-state index contributed by atoms with van der Waals surface area (Å²) in [6.45, 7) is 0.464. The minimum atomic E-state index is -0.502. The minimum Gasteiger partial charge on any atom is -0.366 e. The summed E-state index contributed by atoms with van der Waals surface area (Å²) >= 11 is 0. The summed E-state index contributed by atoms with van der Waals surface area (Å²) in [5.74, 6) is 5.81. The zero-order valence-electron chi connectivity index (χ0n) is 9.91. The maximum absolute atomic E-state index is 10.8. The molecule has 0 aromatic carbocycles. The standard InChI is InChI=1S/C11H12N6O2/c12-16-11-5-9(17(18)19)4-10(15-11)14-7-8-2-1-3-13-6-8/h1-6H,7,12H2,(H2,14,15,16). The number of nitrogen functional groups attached to an aromatic ring is 1. The third kappa shape index (κ3) is 3.36. The van der Waals surface area contributed by atoms with E-state index in [0.29, 0.717) is 12.4 Å². The molecular weight excluding hydrogens is 248 g/mol. The van der Waals surface area contributed by atoms with Gasteiger partial charge in [0.15, 0.2) is 0 Å². The van der Waals surface area contributed by atoms with E-state index in [1.54, 1.807) is 12.4 Å². The van der Waals surface area contributed by atoms with E-state index in [1.165, 1.54) is 12.1 Å². The molecule has 8 heteroatoms. The quantitative estimate of drug-likeness (QED) is 0.421. The lowest BCUT2D eigenvalue weighted by Gasteiger charge is -2.07. The summed E-state index contributed by atoms with van der Waals surface area (Å²) in [5.41, 5.74) is 3.15. The van der Waals surface area contributed by atoms with Crippen molar-refractivity contribution in [1.29, 1.82) is 0 Å². The Balaban J connectivity index is 2.15. The van der Waals surface area contributed by atoms with Crippen molar-refractivity contribution in [1.82, 2.24) is 9.97 Å². The van der Waals surface area contributed by atoms with Crippen molar-refractivity contribution in [2.75, 3.05) is 10.7 Å². The van der Waals surface area contributed by atoms with E-state index >= 15 is 0 Å². The van der Waals surface area contributed by atoms with Crippen LogP contribution in [0.3, 0.4) is 0 Å². The van der Waals surface area contributed by atoms with Gasteiger partial charge in [-0.3, -0.25) is 15.1 Å². The Morgan fingerprint density at radius 3 is 2.79 bits per heavy atom. The Bertz CT molecular complexity index is 575. The number of nitro groups is 1. The molecule has 0 aliphatic heterocycles. The first-order valence-electron chi connectivity index (χ1n) is 5.45. The van der Waals surface area contributed by atoms with Crippen LogP contribution in [0.15, 0.2) is 36.7 Å². The molecule has 4 N–H and O–H groups in total. The predicted octanol–water partition coefficient (Wildman–Crippen LogP) is 1.28. The topological polar surface area (TPSA) is 119 Å². The highest BCUT2D eigenvalue weighted by Gasteiger charge is 2.10. The number of nitrogens with zero attached hydrogens (tertiary/aromatic N) is 3. The van der Waals surface area contributed by atoms with Crippen molar-refractivity contribution in [2.45, 2.75) is 6.54 Å². The van der Waals surface area contributed by atoms with Gasteiger partial charge in [-0.25, -0.2) is 10.8 Å². The Hall–Kier alpha value is -2.74. The first kappa shape index (κ1) is 12.7. The van der Waals surface area contributed by atoms with E-state index in [2.05, 4.69) is 20.7 Å². The van der Waals surface area contributed by atoms with E-state index in [0.717, 1.165) is 5.56 Å². The summed E-state index contributed by atoms with van der Waals surface area (Å²) in [6.07, 6.45) is 3.37. The van der Waals surface area contributed by atoms with Gasteiger partial charge in [0, 0.05) is 18.9 Å². The molecule has 19 heavy (non-hydrogen) atoms. The van der Waals surface area contributed by atoms with Crippen LogP contribution in [0.1, 0.15) is 5.56 Å². The van der Waals surface area contributed by atoms with E-state index in [4.69, 9.17) is 5.84 Å². The second-order valence-electron chi connectivity index (χ2n) is 3.71. The number of nitrogens with one attached hydrogen (secondary N) is 2. The van der Waals surface area contributed by atoms with Crippen LogP contribution in [0.2, 0.25) is 0 Å². The Morgan fingerprint density at radius 1 is 1.37 bits per heavy atom. The zero-order chi connectivity index (χ0) is 13.7. The second-order valence-corrected chi connectivity index (χ2v) is 3.71. The van der Waals surface area contributed by atoms with E-state index in [-0.39, 0.29) is 11.5 Å². The summed E-state index contributed by atoms with van der Waals surface area (Å²) in [6, 6.07) is 6.30. The number of hydrogen-bond acceptors (Lipinski definition) is 7. The number of anilines is 2. The van der Waals surface area contributed by atoms with Crippen LogP contribution in [0.25, 0.3) is 0 Å². The molecule has 0 radical (unpaired) electrons. The second kappa shape index (κ2) is 5.74. The van der Waals surface area contributed by atoms with Crippen molar-refractivity contribution < 1.29 is 4.92 Å². The molecule has 0 aliphatic carbocycles. The lowest BCUT2D eigenvalue weighted by Crippen LogP contribution is -2.11. The summed E-state index contributed by atoms with van der Waals surface area (Å²) in [7, 11) is 0. The van der Waals surface area contributed by atoms with Crippen LogP contribution in [-0.4, -0.2) is 14.9 Å². The highest BCUT2D eigenvalue weighted by molar-refractivity contribution is 5.54. The van der Waals surface area contributed by atoms with Gasteiger partial charge in [-0.05, 0) is 11.6 Å². The van der Waals surface area contributed by atoms with Gasteiger partial charge in [0.1, 0.15) is 11.6 Å². The smallest absolute Gasteiger partial charge is 0.276 e. The lowest BCUT2D eigenvalue weighted by molar-refractivity contribution is -0.384. The number of nitrogens with two attached hydrogens (primary N) is 1. The van der Waals surface area contributed by atoms with Crippen LogP contribution in [-0.2, 0) is 6.54 Å². The molecule has 0 spiro atoms. The van der Waals surface area contributed by atoms with E-state index in [1.807, 2.05) is 12.1 Å². The molecule has 0 aliphatic rings. The normalized spacial score (nSPS) is 9.95. The largest absolute Gasteiger partial charge is 0.366 e. The molecule has 2 aromatic heterocycles. The third-order valence-corrected chi connectivity index (χ3v) is 2.37. The van der Waals surface area contributed by atoms with E-state index in [9.17, 15) is 10.1 Å². The van der Waals surface area contributed by atoms with Crippen molar-refractivity contribution in [3.63, 3.8) is 0 Å². The van der Waals surface area contributed by atoms with Gasteiger partial charge < -0.3 is 10.7 Å². The molecule has 98 valence electrons. The van der Waals surface area contributed by atoms with Gasteiger partial charge in [0.25, 0.3) is 5.69 Å². The molecule has 0 unspecified atom stereocenters. The van der Waals surface area contributed by atoms with Crippen LogP contribution < -0.4 is 16.6 Å². The molecule has 0 atom stereocenters. The summed E-state index contributed by atoms with van der Waals surface area (Å²) in [5, 5.41) is 13.7. The third-order valence-electron chi connectivity index (χ3n) is 2.37. The first-order chi connectivity index (χ1) is 9.19. The van der Waals surface area contributed by atoms with E-state index < -0.39 is 4.92 Å². The van der Waals surface area contributed by atoms with Gasteiger partial charge in [-0.2, -0.15) is 0 Å². The molecule has 0 saturated carbocycles. The zero-order valence-corrected chi connectivity index (χ0v) is 9.91. The van der Waals surface area contributed by atoms with Gasteiger partial charge >= 0.3 is 0 Å². The van der Waals surface area contributed by atoms with Crippen molar-refractivity contribution in [3.05, 3.63) is 52.3 Å². The van der Waals surface area contributed by atoms with Gasteiger partial charge in [0.2, 0.25) is 0 Å². The van der Waals surface area contributed by atoms with Gasteiger partial charge in [-0.1, -0.05) is 6.07 Å². The highest BCUT2D eigenvalue weighted by Crippen LogP contribution is 2.20. The Kier molecular flexibility index (Phi) is 3.84. The van der Waals surface area contributed by atoms with Crippen LogP contribution >= 0.6 is 0 Å². The highest BCUT2D eigenvalue weighted by atomic mass is 16.6. The fourth-order valence-corrected chi connectivity index (χ4v) is 1.48.